The van der Waals surface area contributed by atoms with Gasteiger partial charge in [-0.2, -0.15) is 0 Å². The molecule has 0 radical (unpaired) electrons. The molecule has 1 atom stereocenters. The van der Waals surface area contributed by atoms with Crippen LogP contribution in [0.15, 0.2) is 18.6 Å². The van der Waals surface area contributed by atoms with Gasteiger partial charge in [-0.1, -0.05) is 0 Å². The Morgan fingerprint density at radius 1 is 1.40 bits per heavy atom. The Morgan fingerprint density at radius 2 is 2.20 bits per heavy atom. The van der Waals surface area contributed by atoms with Crippen molar-refractivity contribution in [1.29, 1.82) is 0 Å². The maximum atomic E-state index is 11.9. The number of hydrogen-bond acceptors (Lipinski definition) is 6. The van der Waals surface area contributed by atoms with Gasteiger partial charge in [0.15, 0.2) is 0 Å². The molecule has 1 aliphatic heterocycles. The fourth-order valence-electron chi connectivity index (χ4n) is 2.17. The molecule has 0 aromatic carbocycles. The number of ether oxygens (including phenoxy) is 1. The molecule has 1 aromatic heterocycles. The average Bonchev–Trinajstić information content (AvgIpc) is 2.52. The van der Waals surface area contributed by atoms with Gasteiger partial charge in [-0.15, -0.1) is 0 Å². The maximum absolute atomic E-state index is 11.9. The molecule has 2 heterocycles. The molecule has 20 heavy (non-hydrogen) atoms. The fraction of sp³-hybridized carbons (Fsp3) is 0.615. The van der Waals surface area contributed by atoms with Crippen LogP contribution in [0.25, 0.3) is 0 Å². The molecule has 1 amide bonds. The lowest BCUT2D eigenvalue weighted by molar-refractivity contribution is -0.124. The van der Waals surface area contributed by atoms with Crippen LogP contribution in [0.3, 0.4) is 0 Å². The lowest BCUT2D eigenvalue weighted by Gasteiger charge is -2.26. The van der Waals surface area contributed by atoms with Crippen LogP contribution in [0.1, 0.15) is 12.8 Å². The smallest absolute Gasteiger partial charge is 0.237 e. The van der Waals surface area contributed by atoms with Crippen molar-refractivity contribution in [3.05, 3.63) is 18.6 Å². The number of carbonyl (C=O) groups is 1. The number of carbonyl (C=O) groups excluding carboxylic acids is 1. The average molecular weight is 279 g/mol. The Bertz CT molecular complexity index is 408. The summed E-state index contributed by atoms with van der Waals surface area (Å²) in [6, 6.07) is -0.449. The maximum Gasteiger partial charge on any atom is 0.237 e. The number of hydrogen-bond donors (Lipinski definition) is 3. The van der Waals surface area contributed by atoms with Crippen LogP contribution >= 0.6 is 0 Å². The van der Waals surface area contributed by atoms with Crippen molar-refractivity contribution in [2.45, 2.75) is 18.9 Å². The summed E-state index contributed by atoms with van der Waals surface area (Å²) >= 11 is 0. The van der Waals surface area contributed by atoms with Crippen LogP contribution < -0.4 is 16.4 Å². The Morgan fingerprint density at radius 3 is 2.90 bits per heavy atom. The summed E-state index contributed by atoms with van der Waals surface area (Å²) in [5.41, 5.74) is 5.97. The van der Waals surface area contributed by atoms with Crippen molar-refractivity contribution in [2.75, 3.05) is 31.6 Å². The van der Waals surface area contributed by atoms with E-state index in [1.165, 1.54) is 0 Å². The van der Waals surface area contributed by atoms with Gasteiger partial charge in [0.25, 0.3) is 0 Å². The van der Waals surface area contributed by atoms with E-state index in [1.807, 2.05) is 0 Å². The van der Waals surface area contributed by atoms with E-state index < -0.39 is 6.04 Å². The van der Waals surface area contributed by atoms with Crippen molar-refractivity contribution in [1.82, 2.24) is 15.3 Å². The third-order valence-corrected chi connectivity index (χ3v) is 3.37. The first kappa shape index (κ1) is 14.7. The van der Waals surface area contributed by atoms with Gasteiger partial charge in [0.05, 0.1) is 12.2 Å². The van der Waals surface area contributed by atoms with Crippen LogP contribution in [0, 0.1) is 5.92 Å². The lowest BCUT2D eigenvalue weighted by atomic mass is 9.92. The number of nitrogens with two attached hydrogens (primary N) is 1. The minimum absolute atomic E-state index is 0.0992. The highest BCUT2D eigenvalue weighted by Crippen LogP contribution is 2.17. The molecule has 1 saturated heterocycles. The second-order valence-corrected chi connectivity index (χ2v) is 4.78. The molecule has 1 aromatic rings. The van der Waals surface area contributed by atoms with Gasteiger partial charge in [0.1, 0.15) is 5.82 Å². The fourth-order valence-corrected chi connectivity index (χ4v) is 2.17. The number of amides is 1. The molecular weight excluding hydrogens is 258 g/mol. The largest absolute Gasteiger partial charge is 0.381 e. The quantitative estimate of drug-likeness (QED) is 0.621. The summed E-state index contributed by atoms with van der Waals surface area (Å²) in [6.07, 6.45) is 6.57. The molecule has 2 rings (SSSR count). The van der Waals surface area contributed by atoms with Gasteiger partial charge in [-0.25, -0.2) is 4.98 Å². The van der Waals surface area contributed by atoms with Crippen LogP contribution in [-0.2, 0) is 9.53 Å². The molecule has 7 nitrogen and oxygen atoms in total. The van der Waals surface area contributed by atoms with Gasteiger partial charge in [0.2, 0.25) is 5.91 Å². The zero-order chi connectivity index (χ0) is 14.2. The highest BCUT2D eigenvalue weighted by Gasteiger charge is 2.26. The van der Waals surface area contributed by atoms with E-state index in [1.54, 1.807) is 18.6 Å². The number of nitrogens with zero attached hydrogens (tertiary/aromatic N) is 2. The van der Waals surface area contributed by atoms with Crippen molar-refractivity contribution >= 4 is 11.7 Å². The van der Waals surface area contributed by atoms with Crippen molar-refractivity contribution in [3.63, 3.8) is 0 Å². The molecule has 4 N–H and O–H groups in total. The summed E-state index contributed by atoms with van der Waals surface area (Å²) in [5, 5.41) is 5.90. The Labute approximate surface area is 118 Å². The predicted molar refractivity (Wildman–Crippen MR) is 75.0 cm³/mol. The van der Waals surface area contributed by atoms with Crippen LogP contribution in [0.4, 0.5) is 5.82 Å². The number of aromatic nitrogens is 2. The summed E-state index contributed by atoms with van der Waals surface area (Å²) in [6.45, 7) is 2.48. The first-order chi connectivity index (χ1) is 9.77. The number of anilines is 1. The molecule has 110 valence electrons. The lowest BCUT2D eigenvalue weighted by Crippen LogP contribution is -2.48. The van der Waals surface area contributed by atoms with Gasteiger partial charge < -0.3 is 21.1 Å². The standard InChI is InChI=1S/C13H21N5O2/c14-12(10-1-7-20-8-2-10)13(19)18-6-5-17-11-9-15-3-4-16-11/h3-4,9-10,12H,1-2,5-8,14H2,(H,16,17)(H,18,19). The summed E-state index contributed by atoms with van der Waals surface area (Å²) in [5.74, 6) is 0.810. The summed E-state index contributed by atoms with van der Waals surface area (Å²) in [7, 11) is 0. The Hall–Kier alpha value is -1.73. The highest BCUT2D eigenvalue weighted by molar-refractivity contribution is 5.81. The van der Waals surface area contributed by atoms with E-state index in [0.29, 0.717) is 32.1 Å². The predicted octanol–water partition coefficient (Wildman–Crippen LogP) is -0.241. The Balaban J connectivity index is 1.64. The molecular formula is C13H21N5O2. The van der Waals surface area contributed by atoms with E-state index in [4.69, 9.17) is 10.5 Å². The molecule has 0 spiro atoms. The van der Waals surface area contributed by atoms with Gasteiger partial charge in [-0.05, 0) is 18.8 Å². The monoisotopic (exact) mass is 279 g/mol. The van der Waals surface area contributed by atoms with Crippen molar-refractivity contribution < 1.29 is 9.53 Å². The van der Waals surface area contributed by atoms with Crippen molar-refractivity contribution in [2.24, 2.45) is 11.7 Å². The van der Waals surface area contributed by atoms with Crippen LogP contribution in [0.2, 0.25) is 0 Å². The second kappa shape index (κ2) is 7.76. The minimum Gasteiger partial charge on any atom is -0.381 e. The number of rotatable bonds is 6. The molecule has 1 unspecified atom stereocenters. The van der Waals surface area contributed by atoms with Crippen LogP contribution in [0.5, 0.6) is 0 Å². The second-order valence-electron chi connectivity index (χ2n) is 4.78. The van der Waals surface area contributed by atoms with Gasteiger partial charge in [0, 0.05) is 38.7 Å². The zero-order valence-electron chi connectivity index (χ0n) is 11.4. The van der Waals surface area contributed by atoms with Crippen LogP contribution in [-0.4, -0.2) is 48.2 Å². The SMILES string of the molecule is NC(C(=O)NCCNc1cnccn1)C1CCOCC1. The zero-order valence-corrected chi connectivity index (χ0v) is 11.4. The summed E-state index contributed by atoms with van der Waals surface area (Å²) < 4.78 is 5.27. The third kappa shape index (κ3) is 4.43. The molecule has 7 heteroatoms. The first-order valence-corrected chi connectivity index (χ1v) is 6.88. The Kier molecular flexibility index (Phi) is 5.69. The van der Waals surface area contributed by atoms with E-state index in [2.05, 4.69) is 20.6 Å². The van der Waals surface area contributed by atoms with E-state index in [0.717, 1.165) is 12.8 Å². The number of nitrogens with one attached hydrogen (secondary N) is 2. The molecule has 0 aliphatic carbocycles. The first-order valence-electron chi connectivity index (χ1n) is 6.88. The topological polar surface area (TPSA) is 102 Å². The molecule has 0 saturated carbocycles. The highest BCUT2D eigenvalue weighted by atomic mass is 16.5. The van der Waals surface area contributed by atoms with Gasteiger partial charge in [-0.3, -0.25) is 9.78 Å². The molecule has 1 fully saturated rings. The van der Waals surface area contributed by atoms with E-state index in [9.17, 15) is 4.79 Å². The van der Waals surface area contributed by atoms with E-state index >= 15 is 0 Å². The summed E-state index contributed by atoms with van der Waals surface area (Å²) in [4.78, 5) is 19.9. The minimum atomic E-state index is -0.449. The molecule has 0 bridgehead atoms. The van der Waals surface area contributed by atoms with Crippen molar-refractivity contribution in [3.8, 4) is 0 Å². The third-order valence-electron chi connectivity index (χ3n) is 3.37. The van der Waals surface area contributed by atoms with Gasteiger partial charge >= 0.3 is 0 Å². The normalized spacial score (nSPS) is 17.4. The van der Waals surface area contributed by atoms with E-state index in [-0.39, 0.29) is 11.8 Å². The molecule has 1 aliphatic rings.